The Bertz CT molecular complexity index is 1210. The number of alkyl halides is 9. The number of halogens is 9. The van der Waals surface area contributed by atoms with Crippen LogP contribution in [0.15, 0.2) is 36.4 Å². The highest BCUT2D eigenvalue weighted by Gasteiger charge is 2.43. The quantitative estimate of drug-likeness (QED) is 0.356. The first kappa shape index (κ1) is 30.1. The minimum atomic E-state index is -5.11. The fourth-order valence-electron chi connectivity index (χ4n) is 4.49. The number of hydrogen-bond donors (Lipinski definition) is 0. The lowest BCUT2D eigenvalue weighted by Crippen LogP contribution is -2.41. The third-order valence-corrected chi connectivity index (χ3v) is 6.35. The topological polar surface area (TPSA) is 49.9 Å². The van der Waals surface area contributed by atoms with Crippen LogP contribution < -0.4 is 4.90 Å². The second kappa shape index (κ2) is 10.6. The van der Waals surface area contributed by atoms with Gasteiger partial charge in [-0.3, -0.25) is 9.69 Å². The average Bonchev–Trinajstić information content (AvgIpc) is 3.07. The Morgan fingerprint density at radius 2 is 1.41 bits per heavy atom. The molecular weight excluding hydrogens is 547 g/mol. The van der Waals surface area contributed by atoms with Crippen molar-refractivity contribution in [3.05, 3.63) is 64.2 Å². The Balaban J connectivity index is 2.04. The summed E-state index contributed by atoms with van der Waals surface area (Å²) in [6.45, 7) is 2.88. The largest absolute Gasteiger partial charge is 0.449 e. The third kappa shape index (κ3) is 6.59. The Labute approximate surface area is 217 Å². The van der Waals surface area contributed by atoms with Crippen molar-refractivity contribution in [2.24, 2.45) is 0 Å². The van der Waals surface area contributed by atoms with E-state index in [0.29, 0.717) is 12.1 Å². The van der Waals surface area contributed by atoms with Crippen molar-refractivity contribution >= 4 is 17.7 Å². The molecule has 2 atom stereocenters. The molecule has 0 radical (unpaired) electrons. The third-order valence-electron chi connectivity index (χ3n) is 6.35. The highest BCUT2D eigenvalue weighted by molar-refractivity contribution is 5.92. The maximum atomic E-state index is 13.5. The lowest BCUT2D eigenvalue weighted by Gasteiger charge is -2.29. The Morgan fingerprint density at radius 1 is 0.872 bits per heavy atom. The van der Waals surface area contributed by atoms with Crippen LogP contribution >= 0.6 is 0 Å². The van der Waals surface area contributed by atoms with Gasteiger partial charge in [0.25, 0.3) is 0 Å². The van der Waals surface area contributed by atoms with Gasteiger partial charge >= 0.3 is 24.6 Å². The predicted octanol–water partition coefficient (Wildman–Crippen LogP) is 7.24. The molecule has 1 heterocycles. The van der Waals surface area contributed by atoms with E-state index in [4.69, 9.17) is 4.74 Å². The summed E-state index contributed by atoms with van der Waals surface area (Å²) in [5, 5.41) is 0. The summed E-state index contributed by atoms with van der Waals surface area (Å²) in [4.78, 5) is 27.1. The second-order valence-corrected chi connectivity index (χ2v) is 9.00. The van der Waals surface area contributed by atoms with Crippen molar-refractivity contribution in [1.82, 2.24) is 4.90 Å². The van der Waals surface area contributed by atoms with Gasteiger partial charge in [-0.15, -0.1) is 0 Å². The van der Waals surface area contributed by atoms with Gasteiger partial charge in [-0.25, -0.2) is 4.79 Å². The molecule has 0 spiro atoms. The fraction of sp³-hybridized carbons (Fsp3) is 0.440. The number of nitrogens with zero attached hydrogens (tertiary/aromatic N) is 2. The van der Waals surface area contributed by atoms with Gasteiger partial charge in [-0.05, 0) is 61.4 Å². The fourth-order valence-corrected chi connectivity index (χ4v) is 4.49. The normalized spacial score (nSPS) is 17.7. The number of fused-ring (bicyclic) bond motifs is 1. The van der Waals surface area contributed by atoms with E-state index >= 15 is 0 Å². The number of ether oxygens (including phenoxy) is 1. The van der Waals surface area contributed by atoms with Crippen LogP contribution in [0.3, 0.4) is 0 Å². The molecule has 1 aliphatic heterocycles. The van der Waals surface area contributed by atoms with E-state index in [9.17, 15) is 49.1 Å². The number of carbonyl (C=O) groups excluding carboxylic acids is 2. The van der Waals surface area contributed by atoms with Crippen molar-refractivity contribution in [3.8, 4) is 0 Å². The molecule has 0 saturated carbocycles. The first-order valence-corrected chi connectivity index (χ1v) is 11.6. The summed E-state index contributed by atoms with van der Waals surface area (Å²) < 4.78 is 125. The van der Waals surface area contributed by atoms with E-state index in [1.54, 1.807) is 0 Å². The summed E-state index contributed by atoms with van der Waals surface area (Å²) in [7, 11) is 0. The number of anilines is 1. The average molecular weight is 570 g/mol. The molecule has 2 amide bonds. The molecule has 2 aromatic carbocycles. The van der Waals surface area contributed by atoms with Crippen molar-refractivity contribution in [3.63, 3.8) is 0 Å². The van der Waals surface area contributed by atoms with Gasteiger partial charge in [0, 0.05) is 32.0 Å². The molecule has 5 nitrogen and oxygen atoms in total. The van der Waals surface area contributed by atoms with Gasteiger partial charge < -0.3 is 9.64 Å². The molecular formula is C25H23F9N2O3. The lowest BCUT2D eigenvalue weighted by molar-refractivity contribution is -0.143. The van der Waals surface area contributed by atoms with Gasteiger partial charge in [0.2, 0.25) is 5.91 Å². The van der Waals surface area contributed by atoms with Crippen LogP contribution in [-0.4, -0.2) is 36.1 Å². The van der Waals surface area contributed by atoms with E-state index in [1.165, 1.54) is 13.8 Å². The van der Waals surface area contributed by atoms with Crippen LogP contribution in [0.2, 0.25) is 0 Å². The zero-order valence-electron chi connectivity index (χ0n) is 20.8. The predicted molar refractivity (Wildman–Crippen MR) is 121 cm³/mol. The zero-order chi connectivity index (χ0) is 29.5. The van der Waals surface area contributed by atoms with Crippen LogP contribution in [0.5, 0.6) is 0 Å². The van der Waals surface area contributed by atoms with Crippen LogP contribution in [0.4, 0.5) is 50.0 Å². The summed E-state index contributed by atoms with van der Waals surface area (Å²) in [6, 6.07) is 2.69. The van der Waals surface area contributed by atoms with E-state index < -0.39 is 77.8 Å². The van der Waals surface area contributed by atoms with Crippen molar-refractivity contribution in [2.45, 2.75) is 57.8 Å². The lowest BCUT2D eigenvalue weighted by atomic mass is 9.93. The Kier molecular flexibility index (Phi) is 8.19. The van der Waals surface area contributed by atoms with Crippen LogP contribution in [-0.2, 0) is 34.6 Å². The molecule has 214 valence electrons. The maximum absolute atomic E-state index is 13.5. The van der Waals surface area contributed by atoms with E-state index in [2.05, 4.69) is 0 Å². The molecule has 0 aliphatic carbocycles. The van der Waals surface area contributed by atoms with Crippen LogP contribution in [0, 0.1) is 0 Å². The highest BCUT2D eigenvalue weighted by atomic mass is 19.4. The number of hydrogen-bond acceptors (Lipinski definition) is 3. The van der Waals surface area contributed by atoms with E-state index in [1.807, 2.05) is 0 Å². The summed E-state index contributed by atoms with van der Waals surface area (Å²) in [5.74, 6) is -1.72. The number of carbonyl (C=O) groups is 2. The van der Waals surface area contributed by atoms with Crippen molar-refractivity contribution in [1.29, 1.82) is 0 Å². The summed E-state index contributed by atoms with van der Waals surface area (Å²) in [5.41, 5.74) is -4.55. The molecule has 0 N–H and O–H groups in total. The molecule has 0 bridgehead atoms. The summed E-state index contributed by atoms with van der Waals surface area (Å²) >= 11 is 0. The minimum absolute atomic E-state index is 0.0247. The Hall–Kier alpha value is -3.45. The van der Waals surface area contributed by atoms with E-state index in [0.717, 1.165) is 34.9 Å². The van der Waals surface area contributed by atoms with Crippen molar-refractivity contribution in [2.75, 3.05) is 18.1 Å². The molecule has 1 aliphatic rings. The maximum Gasteiger partial charge on any atom is 0.416 e. The monoisotopic (exact) mass is 570 g/mol. The first-order valence-electron chi connectivity index (χ1n) is 11.6. The van der Waals surface area contributed by atoms with Crippen LogP contribution in [0.1, 0.15) is 54.5 Å². The van der Waals surface area contributed by atoms with Crippen LogP contribution in [0.25, 0.3) is 0 Å². The minimum Gasteiger partial charge on any atom is -0.449 e. The molecule has 0 saturated heterocycles. The smallest absolute Gasteiger partial charge is 0.416 e. The van der Waals surface area contributed by atoms with Crippen molar-refractivity contribution < 1.29 is 53.8 Å². The first-order chi connectivity index (χ1) is 17.8. The van der Waals surface area contributed by atoms with E-state index in [-0.39, 0.29) is 23.9 Å². The van der Waals surface area contributed by atoms with Gasteiger partial charge in [0.15, 0.2) is 0 Å². The zero-order valence-corrected chi connectivity index (χ0v) is 20.8. The standard InChI is InChI=1S/C25H23F9N2O3/c1-4-39-22(38)36-13(2)20(19-10-16(23(26,27)28)5-6-21(19)36)12-35(14(3)37)11-15-7-17(24(29,30)31)9-18(8-15)25(32,33)34/h5-10,13,20H,4,11-12H2,1-3H3/t13-,20+/m1/s1. The van der Waals surface area contributed by atoms with Gasteiger partial charge in [0.1, 0.15) is 0 Å². The second-order valence-electron chi connectivity index (χ2n) is 9.00. The SMILES string of the molecule is CCOC(=O)N1c2ccc(C(F)(F)F)cc2[C@@H](CN(Cc2cc(C(F)(F)F)cc(C(F)(F)F)c2)C(C)=O)[C@H]1C. The number of benzene rings is 2. The summed E-state index contributed by atoms with van der Waals surface area (Å²) in [6.07, 6.45) is -15.8. The molecule has 2 aromatic rings. The number of amides is 2. The van der Waals surface area contributed by atoms with Gasteiger partial charge in [-0.2, -0.15) is 39.5 Å². The molecule has 14 heteroatoms. The molecule has 3 rings (SSSR count). The molecule has 39 heavy (non-hydrogen) atoms. The number of rotatable bonds is 5. The molecule has 0 aromatic heterocycles. The molecule has 0 unspecified atom stereocenters. The Morgan fingerprint density at radius 3 is 1.87 bits per heavy atom. The highest BCUT2D eigenvalue weighted by Crippen LogP contribution is 2.45. The van der Waals surface area contributed by atoms with Gasteiger partial charge in [-0.1, -0.05) is 0 Å². The molecule has 0 fully saturated rings. The van der Waals surface area contributed by atoms with Gasteiger partial charge in [0.05, 0.1) is 29.0 Å².